The largest absolute Gasteiger partial charge is 0.378 e. The summed E-state index contributed by atoms with van der Waals surface area (Å²) in [5, 5.41) is 5.23. The molecule has 0 atom stereocenters. The maximum absolute atomic E-state index is 2.44. The Hall–Kier alpha value is -5.48. The van der Waals surface area contributed by atoms with Gasteiger partial charge < -0.3 is 18.9 Å². The van der Waals surface area contributed by atoms with E-state index in [0.29, 0.717) is 0 Å². The van der Waals surface area contributed by atoms with E-state index in [4.69, 9.17) is 0 Å². The quantitative estimate of drug-likeness (QED) is 0.174. The van der Waals surface area contributed by atoms with Gasteiger partial charge in [0.25, 0.3) is 0 Å². The third kappa shape index (κ3) is 5.71. The first kappa shape index (κ1) is 33.7. The van der Waals surface area contributed by atoms with E-state index in [0.717, 1.165) is 6.54 Å². The van der Waals surface area contributed by atoms with Gasteiger partial charge in [-0.2, -0.15) is 0 Å². The predicted molar refractivity (Wildman–Crippen MR) is 225 cm³/mol. The van der Waals surface area contributed by atoms with Gasteiger partial charge in [0.15, 0.2) is 0 Å². The molecule has 0 aliphatic heterocycles. The molecule has 0 aliphatic carbocycles. The summed E-state index contributed by atoms with van der Waals surface area (Å²) >= 11 is 0. The highest BCUT2D eigenvalue weighted by molar-refractivity contribution is 6.11. The zero-order chi connectivity index (χ0) is 36.5. The number of rotatable bonds is 6. The molecule has 4 nitrogen and oxygen atoms in total. The number of para-hydroxylation sites is 1. The molecule has 52 heavy (non-hydrogen) atoms. The minimum atomic E-state index is 0.0767. The molecule has 0 saturated heterocycles. The van der Waals surface area contributed by atoms with Gasteiger partial charge in [-0.1, -0.05) is 84.0 Å². The van der Waals surface area contributed by atoms with Crippen LogP contribution in [0.25, 0.3) is 55.0 Å². The maximum atomic E-state index is 2.44. The van der Waals surface area contributed by atoms with Gasteiger partial charge in [-0.25, -0.2) is 0 Å². The van der Waals surface area contributed by atoms with Crippen molar-refractivity contribution in [2.75, 3.05) is 30.9 Å². The molecule has 0 amide bonds. The summed E-state index contributed by atoms with van der Waals surface area (Å²) in [5.41, 5.74) is 13.9. The van der Waals surface area contributed by atoms with Crippen LogP contribution in [0.3, 0.4) is 0 Å². The van der Waals surface area contributed by atoms with Crippen molar-refractivity contribution in [1.82, 2.24) is 9.13 Å². The number of nitrogens with zero attached hydrogens (tertiary/aromatic N) is 4. The first-order valence-corrected chi connectivity index (χ1v) is 18.5. The van der Waals surface area contributed by atoms with Crippen molar-refractivity contribution in [3.8, 4) is 11.4 Å². The molecule has 0 aliphatic rings. The molecule has 0 N–H and O–H groups in total. The maximum Gasteiger partial charge on any atom is 0.0544 e. The Labute approximate surface area is 308 Å². The monoisotopic (exact) mass is 682 g/mol. The van der Waals surface area contributed by atoms with E-state index in [-0.39, 0.29) is 10.8 Å². The van der Waals surface area contributed by atoms with E-state index in [1.807, 2.05) is 0 Å². The summed E-state index contributed by atoms with van der Waals surface area (Å²) in [5.74, 6) is 0. The summed E-state index contributed by atoms with van der Waals surface area (Å²) in [7, 11) is 6.37. The molecule has 0 fully saturated rings. The standard InChI is InChI=1S/C48H50N4/c1-47(2,3)33-17-27-43-40(29-33)41-30-34(48(4,5)6)18-28-44(41)51(43)37-25-21-36(22-26-37)50(9)31-32-13-12-16-45-46(32)39-14-10-11-15-42(39)52(45)38-23-19-35(20-24-38)49(7)8/h10-30H,31H2,1-9H3. The van der Waals surface area contributed by atoms with Crippen molar-refractivity contribution in [3.63, 3.8) is 0 Å². The average Bonchev–Trinajstić information content (AvgIpc) is 3.64. The average molecular weight is 683 g/mol. The number of aromatic nitrogens is 2. The van der Waals surface area contributed by atoms with Crippen LogP contribution in [-0.2, 0) is 17.4 Å². The lowest BCUT2D eigenvalue weighted by molar-refractivity contribution is 0.590. The normalized spacial score (nSPS) is 12.4. The van der Waals surface area contributed by atoms with Gasteiger partial charge in [0.05, 0.1) is 22.1 Å². The molecule has 0 unspecified atom stereocenters. The van der Waals surface area contributed by atoms with Crippen LogP contribution in [0.5, 0.6) is 0 Å². The van der Waals surface area contributed by atoms with Crippen LogP contribution in [0.1, 0.15) is 58.2 Å². The van der Waals surface area contributed by atoms with Crippen molar-refractivity contribution in [3.05, 3.63) is 144 Å². The summed E-state index contributed by atoms with van der Waals surface area (Å²) in [6, 6.07) is 47.6. The van der Waals surface area contributed by atoms with Crippen LogP contribution in [0, 0.1) is 0 Å². The molecule has 262 valence electrons. The smallest absolute Gasteiger partial charge is 0.0544 e. The second kappa shape index (κ2) is 12.3. The third-order valence-electron chi connectivity index (χ3n) is 10.9. The Kier molecular flexibility index (Phi) is 7.98. The van der Waals surface area contributed by atoms with Gasteiger partial charge in [-0.05, 0) is 112 Å². The van der Waals surface area contributed by atoms with Gasteiger partial charge in [-0.15, -0.1) is 0 Å². The Morgan fingerprint density at radius 1 is 0.462 bits per heavy atom. The fourth-order valence-electron chi connectivity index (χ4n) is 7.84. The zero-order valence-electron chi connectivity index (χ0n) is 32.1. The van der Waals surface area contributed by atoms with E-state index in [2.05, 4.69) is 209 Å². The predicted octanol–water partition coefficient (Wildman–Crippen LogP) is 12.2. The van der Waals surface area contributed by atoms with Gasteiger partial charge >= 0.3 is 0 Å². The lowest BCUT2D eigenvalue weighted by atomic mass is 9.85. The summed E-state index contributed by atoms with van der Waals surface area (Å²) < 4.78 is 4.84. The molecule has 8 rings (SSSR count). The summed E-state index contributed by atoms with van der Waals surface area (Å²) in [6.45, 7) is 14.6. The second-order valence-corrected chi connectivity index (χ2v) is 16.7. The number of anilines is 2. The van der Waals surface area contributed by atoms with Gasteiger partial charge in [-0.3, -0.25) is 0 Å². The van der Waals surface area contributed by atoms with Gasteiger partial charge in [0.2, 0.25) is 0 Å². The lowest BCUT2D eigenvalue weighted by Gasteiger charge is -2.21. The van der Waals surface area contributed by atoms with Crippen molar-refractivity contribution in [2.45, 2.75) is 58.9 Å². The first-order chi connectivity index (χ1) is 24.8. The highest BCUT2D eigenvalue weighted by Gasteiger charge is 2.21. The molecule has 2 heterocycles. The molecule has 4 heteroatoms. The second-order valence-electron chi connectivity index (χ2n) is 16.7. The number of hydrogen-bond donors (Lipinski definition) is 0. The van der Waals surface area contributed by atoms with Crippen LogP contribution in [0.15, 0.2) is 127 Å². The molecule has 0 bridgehead atoms. The Morgan fingerprint density at radius 3 is 1.48 bits per heavy atom. The van der Waals surface area contributed by atoms with Crippen LogP contribution in [0.4, 0.5) is 11.4 Å². The van der Waals surface area contributed by atoms with E-state index >= 15 is 0 Å². The van der Waals surface area contributed by atoms with Gasteiger partial charge in [0.1, 0.15) is 0 Å². The first-order valence-electron chi connectivity index (χ1n) is 18.5. The molecular weight excluding hydrogens is 633 g/mol. The van der Waals surface area contributed by atoms with E-state index in [1.165, 1.54) is 83.1 Å². The minimum Gasteiger partial charge on any atom is -0.378 e. The van der Waals surface area contributed by atoms with Crippen LogP contribution in [-0.4, -0.2) is 30.3 Å². The minimum absolute atomic E-state index is 0.0767. The molecular formula is C48H50N4. The SMILES string of the molecule is CN(C)c1ccc(-n2c3ccccc3c3c(CN(C)c4ccc(-n5c6ccc(C(C)(C)C)cc6c6cc(C(C)(C)C)ccc65)cc4)cccc32)cc1. The van der Waals surface area contributed by atoms with Crippen LogP contribution in [0.2, 0.25) is 0 Å². The zero-order valence-corrected chi connectivity index (χ0v) is 32.1. The number of hydrogen-bond acceptors (Lipinski definition) is 2. The molecule has 2 aromatic heterocycles. The van der Waals surface area contributed by atoms with Crippen molar-refractivity contribution < 1.29 is 0 Å². The highest BCUT2D eigenvalue weighted by atomic mass is 15.1. The molecule has 0 radical (unpaired) electrons. The molecule has 0 spiro atoms. The molecule has 6 aromatic carbocycles. The lowest BCUT2D eigenvalue weighted by Crippen LogP contribution is -2.16. The molecule has 0 saturated carbocycles. The Bertz CT molecular complexity index is 2510. The van der Waals surface area contributed by atoms with Crippen molar-refractivity contribution in [1.29, 1.82) is 0 Å². The van der Waals surface area contributed by atoms with Gasteiger partial charge in [0, 0.05) is 72.0 Å². The topological polar surface area (TPSA) is 16.3 Å². The summed E-state index contributed by atoms with van der Waals surface area (Å²) in [6.07, 6.45) is 0. The van der Waals surface area contributed by atoms with Crippen LogP contribution >= 0.6 is 0 Å². The highest BCUT2D eigenvalue weighted by Crippen LogP contribution is 2.39. The fourth-order valence-corrected chi connectivity index (χ4v) is 7.84. The van der Waals surface area contributed by atoms with E-state index in [1.54, 1.807) is 0 Å². The van der Waals surface area contributed by atoms with Crippen LogP contribution < -0.4 is 9.80 Å². The number of benzene rings is 6. The van der Waals surface area contributed by atoms with Crippen molar-refractivity contribution in [2.24, 2.45) is 0 Å². The Morgan fingerprint density at radius 2 is 0.942 bits per heavy atom. The third-order valence-corrected chi connectivity index (χ3v) is 10.9. The van der Waals surface area contributed by atoms with E-state index < -0.39 is 0 Å². The number of fused-ring (bicyclic) bond motifs is 6. The van der Waals surface area contributed by atoms with Crippen molar-refractivity contribution >= 4 is 55.0 Å². The summed E-state index contributed by atoms with van der Waals surface area (Å²) in [4.78, 5) is 4.51. The molecule has 8 aromatic rings. The van der Waals surface area contributed by atoms with E-state index in [9.17, 15) is 0 Å². The Balaban J connectivity index is 1.17. The fraction of sp³-hybridized carbons (Fsp3) is 0.250.